The third-order valence-electron chi connectivity index (χ3n) is 7.72. The van der Waals surface area contributed by atoms with E-state index in [0.29, 0.717) is 43.9 Å². The standard InChI is InChI=1S/C27H30N6O5S/c1-16-26(17(2)38-30-16)18-5-7-22-21(13-18)29-27(33(22)20-11-12-31(15-20)39(4,35)36)23-8-10-25(34)32(23)19-6-9-24(37-3)28-14-19/h5-7,9,13-14,20,23H,8,10-12,15H2,1-4H3/t20-,23+/m1/s1. The van der Waals surface area contributed by atoms with E-state index in [1.54, 1.807) is 24.3 Å². The first-order chi connectivity index (χ1) is 18.7. The van der Waals surface area contributed by atoms with Gasteiger partial charge in [0.25, 0.3) is 0 Å². The smallest absolute Gasteiger partial charge is 0.227 e. The van der Waals surface area contributed by atoms with E-state index in [4.69, 9.17) is 14.2 Å². The van der Waals surface area contributed by atoms with Gasteiger partial charge in [-0.25, -0.2) is 22.7 Å². The molecule has 6 rings (SSSR count). The molecule has 0 bridgehead atoms. The van der Waals surface area contributed by atoms with E-state index in [9.17, 15) is 13.2 Å². The molecule has 2 aliphatic rings. The van der Waals surface area contributed by atoms with Crippen LogP contribution in [0.3, 0.4) is 0 Å². The van der Waals surface area contributed by atoms with Gasteiger partial charge in [-0.15, -0.1) is 0 Å². The highest BCUT2D eigenvalue weighted by Crippen LogP contribution is 2.41. The number of benzene rings is 1. The van der Waals surface area contributed by atoms with Crippen molar-refractivity contribution in [2.45, 2.75) is 45.2 Å². The zero-order valence-corrected chi connectivity index (χ0v) is 23.1. The third kappa shape index (κ3) is 4.37. The van der Waals surface area contributed by atoms with Crippen molar-refractivity contribution in [2.75, 3.05) is 31.4 Å². The fraction of sp³-hybridized carbons (Fsp3) is 0.407. The summed E-state index contributed by atoms with van der Waals surface area (Å²) in [6, 6.07) is 9.17. The molecule has 2 saturated heterocycles. The van der Waals surface area contributed by atoms with Gasteiger partial charge in [0.05, 0.1) is 54.1 Å². The summed E-state index contributed by atoms with van der Waals surface area (Å²) < 4.78 is 38.9. The van der Waals surface area contributed by atoms with Crippen LogP contribution in [0, 0.1) is 13.8 Å². The second kappa shape index (κ2) is 9.45. The molecule has 1 amide bonds. The van der Waals surface area contributed by atoms with Crippen LogP contribution in [-0.4, -0.2) is 64.8 Å². The first-order valence-corrected chi connectivity index (χ1v) is 14.7. The number of hydrogen-bond donors (Lipinski definition) is 0. The Morgan fingerprint density at radius 3 is 2.59 bits per heavy atom. The normalized spacial score (nSPS) is 20.4. The molecule has 11 nitrogen and oxygen atoms in total. The number of aryl methyl sites for hydroxylation is 2. The number of aromatic nitrogens is 4. The quantitative estimate of drug-likeness (QED) is 0.355. The van der Waals surface area contributed by atoms with Gasteiger partial charge in [0.2, 0.25) is 21.8 Å². The van der Waals surface area contributed by atoms with Crippen LogP contribution in [0.4, 0.5) is 5.69 Å². The number of amides is 1. The van der Waals surface area contributed by atoms with Gasteiger partial charge < -0.3 is 18.7 Å². The summed E-state index contributed by atoms with van der Waals surface area (Å²) in [5, 5.41) is 4.09. The average molecular weight is 551 g/mol. The number of hydrogen-bond acceptors (Lipinski definition) is 8. The van der Waals surface area contributed by atoms with E-state index in [2.05, 4.69) is 14.7 Å². The van der Waals surface area contributed by atoms with Gasteiger partial charge in [-0.05, 0) is 50.5 Å². The van der Waals surface area contributed by atoms with Crippen molar-refractivity contribution < 1.29 is 22.5 Å². The molecular weight excluding hydrogens is 520 g/mol. The molecule has 2 aliphatic heterocycles. The lowest BCUT2D eigenvalue weighted by Gasteiger charge is -2.27. The average Bonchev–Trinajstić information content (AvgIpc) is 3.68. The minimum absolute atomic E-state index is 0.00818. The monoisotopic (exact) mass is 550 g/mol. The lowest BCUT2D eigenvalue weighted by molar-refractivity contribution is -0.117. The Kier molecular flexibility index (Phi) is 6.18. The molecule has 39 heavy (non-hydrogen) atoms. The second-order valence-electron chi connectivity index (χ2n) is 10.2. The molecule has 5 heterocycles. The van der Waals surface area contributed by atoms with Crippen LogP contribution in [-0.2, 0) is 14.8 Å². The largest absolute Gasteiger partial charge is 0.481 e. The van der Waals surface area contributed by atoms with Crippen molar-refractivity contribution in [3.05, 3.63) is 53.8 Å². The summed E-state index contributed by atoms with van der Waals surface area (Å²) in [6.07, 6.45) is 4.50. The molecule has 0 spiro atoms. The Morgan fingerprint density at radius 2 is 1.95 bits per heavy atom. The van der Waals surface area contributed by atoms with Gasteiger partial charge in [-0.2, -0.15) is 0 Å². The van der Waals surface area contributed by atoms with Gasteiger partial charge in [-0.1, -0.05) is 11.2 Å². The number of pyridine rings is 1. The third-order valence-corrected chi connectivity index (χ3v) is 8.99. The minimum atomic E-state index is -3.33. The van der Waals surface area contributed by atoms with Gasteiger partial charge in [-0.3, -0.25) is 4.79 Å². The van der Waals surface area contributed by atoms with Crippen LogP contribution in [0.25, 0.3) is 22.2 Å². The number of nitrogens with zero attached hydrogens (tertiary/aromatic N) is 6. The Hall–Kier alpha value is -3.77. The minimum Gasteiger partial charge on any atom is -0.481 e. The molecule has 1 aromatic carbocycles. The van der Waals surface area contributed by atoms with E-state index in [-0.39, 0.29) is 18.0 Å². The Labute approximate surface area is 226 Å². The van der Waals surface area contributed by atoms with Crippen LogP contribution in [0.1, 0.15) is 48.6 Å². The van der Waals surface area contributed by atoms with Gasteiger partial charge in [0, 0.05) is 31.1 Å². The number of anilines is 1. The van der Waals surface area contributed by atoms with Crippen molar-refractivity contribution in [3.8, 4) is 17.0 Å². The first kappa shape index (κ1) is 25.5. The highest BCUT2D eigenvalue weighted by Gasteiger charge is 2.40. The highest BCUT2D eigenvalue weighted by atomic mass is 32.2. The van der Waals surface area contributed by atoms with Gasteiger partial charge in [0.1, 0.15) is 11.6 Å². The number of ether oxygens (including phenoxy) is 1. The maximum atomic E-state index is 13.2. The summed E-state index contributed by atoms with van der Waals surface area (Å²) >= 11 is 0. The number of rotatable bonds is 6. The van der Waals surface area contributed by atoms with Crippen LogP contribution in [0.15, 0.2) is 41.1 Å². The van der Waals surface area contributed by atoms with E-state index in [0.717, 1.165) is 39.4 Å². The predicted molar refractivity (Wildman–Crippen MR) is 145 cm³/mol. The molecule has 3 aromatic heterocycles. The van der Waals surface area contributed by atoms with Gasteiger partial charge in [0.15, 0.2) is 0 Å². The predicted octanol–water partition coefficient (Wildman–Crippen LogP) is 3.79. The molecule has 204 valence electrons. The summed E-state index contributed by atoms with van der Waals surface area (Å²) in [6.45, 7) is 4.58. The lowest BCUT2D eigenvalue weighted by atomic mass is 10.0. The maximum absolute atomic E-state index is 13.2. The molecule has 2 fully saturated rings. The van der Waals surface area contributed by atoms with E-state index < -0.39 is 10.0 Å². The van der Waals surface area contributed by atoms with Crippen LogP contribution in [0.2, 0.25) is 0 Å². The van der Waals surface area contributed by atoms with Crippen molar-refractivity contribution in [1.29, 1.82) is 0 Å². The Bertz CT molecular complexity index is 1660. The zero-order chi connectivity index (χ0) is 27.5. The lowest BCUT2D eigenvalue weighted by Crippen LogP contribution is -2.31. The fourth-order valence-corrected chi connectivity index (χ4v) is 6.78. The number of fused-ring (bicyclic) bond motifs is 1. The molecule has 0 unspecified atom stereocenters. The van der Waals surface area contributed by atoms with Crippen molar-refractivity contribution in [2.24, 2.45) is 0 Å². The highest BCUT2D eigenvalue weighted by molar-refractivity contribution is 7.88. The molecule has 0 saturated carbocycles. The number of carbonyl (C=O) groups excluding carboxylic acids is 1. The topological polar surface area (TPSA) is 124 Å². The number of sulfonamides is 1. The van der Waals surface area contributed by atoms with Crippen molar-refractivity contribution in [1.82, 2.24) is 24.0 Å². The van der Waals surface area contributed by atoms with E-state index in [1.807, 2.05) is 38.1 Å². The zero-order valence-electron chi connectivity index (χ0n) is 22.3. The number of imidazole rings is 1. The van der Waals surface area contributed by atoms with Crippen molar-refractivity contribution in [3.63, 3.8) is 0 Å². The van der Waals surface area contributed by atoms with Crippen LogP contribution >= 0.6 is 0 Å². The molecule has 4 aromatic rings. The molecule has 0 N–H and O–H groups in total. The number of carbonyl (C=O) groups is 1. The summed E-state index contributed by atoms with van der Waals surface area (Å²) in [5.74, 6) is 1.92. The molecule has 0 aliphatic carbocycles. The summed E-state index contributed by atoms with van der Waals surface area (Å²) in [4.78, 5) is 24.3. The number of methoxy groups -OCH3 is 1. The Morgan fingerprint density at radius 1 is 1.13 bits per heavy atom. The molecule has 2 atom stereocenters. The Balaban J connectivity index is 1.49. The SMILES string of the molecule is COc1ccc(N2C(=O)CC[C@H]2c2nc3cc(-c4c(C)noc4C)ccc3n2[C@@H]2CCN(S(C)(=O)=O)C2)cn1. The van der Waals surface area contributed by atoms with E-state index >= 15 is 0 Å². The summed E-state index contributed by atoms with van der Waals surface area (Å²) in [7, 11) is -1.78. The van der Waals surface area contributed by atoms with Crippen LogP contribution in [0.5, 0.6) is 5.88 Å². The van der Waals surface area contributed by atoms with E-state index in [1.165, 1.54) is 10.6 Å². The second-order valence-corrected chi connectivity index (χ2v) is 12.2. The van der Waals surface area contributed by atoms with Crippen molar-refractivity contribution >= 4 is 32.7 Å². The fourth-order valence-electron chi connectivity index (χ4n) is 5.90. The maximum Gasteiger partial charge on any atom is 0.227 e. The molecular formula is C27H30N6O5S. The molecule has 12 heteroatoms. The summed E-state index contributed by atoms with van der Waals surface area (Å²) in [5.41, 5.74) is 5.01. The van der Waals surface area contributed by atoms with Gasteiger partial charge >= 0.3 is 0 Å². The first-order valence-electron chi connectivity index (χ1n) is 12.9. The molecule has 0 radical (unpaired) electrons. The van der Waals surface area contributed by atoms with Crippen LogP contribution < -0.4 is 9.64 Å².